The van der Waals surface area contributed by atoms with Crippen LogP contribution in [0.5, 0.6) is 5.75 Å². The Morgan fingerprint density at radius 1 is 1.08 bits per heavy atom. The summed E-state index contributed by atoms with van der Waals surface area (Å²) in [4.78, 5) is 5.94. The van der Waals surface area contributed by atoms with Gasteiger partial charge in [-0.15, -0.1) is 11.3 Å². The maximum atomic E-state index is 9.49. The van der Waals surface area contributed by atoms with Gasteiger partial charge in [-0.25, -0.2) is 4.99 Å². The molecule has 26 heavy (non-hydrogen) atoms. The summed E-state index contributed by atoms with van der Waals surface area (Å²) in [6, 6.07) is 20.3. The molecule has 1 aliphatic rings. The molecule has 128 valence electrons. The second-order valence-corrected chi connectivity index (χ2v) is 7.30. The average molecular weight is 358 g/mol. The Bertz CT molecular complexity index is 983. The molecule has 0 fully saturated rings. The smallest absolute Gasteiger partial charge is 0.134 e. The van der Waals surface area contributed by atoms with Gasteiger partial charge in [-0.3, -0.25) is 0 Å². The molecular formula is C22H18N2OS. The van der Waals surface area contributed by atoms with Crippen molar-refractivity contribution in [3.63, 3.8) is 0 Å². The summed E-state index contributed by atoms with van der Waals surface area (Å²) in [7, 11) is 0. The molecule has 0 spiro atoms. The second kappa shape index (κ2) is 7.55. The lowest BCUT2D eigenvalue weighted by Gasteiger charge is -2.08. The van der Waals surface area contributed by atoms with E-state index in [0.717, 1.165) is 46.7 Å². The Hall–Kier alpha value is -2.90. The molecule has 1 heterocycles. The minimum atomic E-state index is 0.516. The Balaban J connectivity index is 1.56. The highest BCUT2D eigenvalue weighted by Crippen LogP contribution is 2.40. The lowest BCUT2D eigenvalue weighted by atomic mass is 10.1. The number of ether oxygens (including phenoxy) is 1. The molecule has 1 aromatic heterocycles. The van der Waals surface area contributed by atoms with Crippen LogP contribution in [0.25, 0.3) is 0 Å². The molecule has 3 nitrogen and oxygen atoms in total. The summed E-state index contributed by atoms with van der Waals surface area (Å²) in [5, 5.41) is 10.3. The van der Waals surface area contributed by atoms with Crippen LogP contribution < -0.4 is 4.74 Å². The Morgan fingerprint density at radius 3 is 2.73 bits per heavy atom. The van der Waals surface area contributed by atoms with E-state index in [1.54, 1.807) is 11.3 Å². The van der Waals surface area contributed by atoms with Crippen LogP contribution in [-0.2, 0) is 19.4 Å². The van der Waals surface area contributed by atoms with Gasteiger partial charge < -0.3 is 4.74 Å². The first kappa shape index (κ1) is 16.6. The van der Waals surface area contributed by atoms with E-state index in [1.165, 1.54) is 10.4 Å². The van der Waals surface area contributed by atoms with Crippen LogP contribution >= 0.6 is 11.3 Å². The summed E-state index contributed by atoms with van der Waals surface area (Å²) in [5.74, 6) is 0.794. The number of aryl methyl sites for hydroxylation is 1. The Morgan fingerprint density at radius 2 is 1.88 bits per heavy atom. The van der Waals surface area contributed by atoms with Gasteiger partial charge in [0.1, 0.15) is 23.4 Å². The van der Waals surface area contributed by atoms with Crippen molar-refractivity contribution in [3.05, 3.63) is 81.7 Å². The number of hydrogen-bond donors (Lipinski definition) is 0. The van der Waals surface area contributed by atoms with Gasteiger partial charge in [0.25, 0.3) is 0 Å². The summed E-state index contributed by atoms with van der Waals surface area (Å²) in [6.07, 6.45) is 5.03. The zero-order chi connectivity index (χ0) is 17.8. The minimum absolute atomic E-state index is 0.516. The lowest BCUT2D eigenvalue weighted by Crippen LogP contribution is -1.98. The molecule has 0 atom stereocenters. The summed E-state index contributed by atoms with van der Waals surface area (Å²) < 4.78 is 5.98. The fraction of sp³-hybridized carbons (Fsp3) is 0.182. The topological polar surface area (TPSA) is 45.4 Å². The number of nitrogens with zero attached hydrogens (tertiary/aromatic N) is 2. The predicted molar refractivity (Wildman–Crippen MR) is 106 cm³/mol. The predicted octanol–water partition coefficient (Wildman–Crippen LogP) is 5.44. The van der Waals surface area contributed by atoms with Crippen molar-refractivity contribution in [3.8, 4) is 11.8 Å². The van der Waals surface area contributed by atoms with Crippen LogP contribution in [0.2, 0.25) is 0 Å². The monoisotopic (exact) mass is 358 g/mol. The zero-order valence-corrected chi connectivity index (χ0v) is 15.1. The number of aliphatic imine (C=N–C) groups is 1. The van der Waals surface area contributed by atoms with Crippen molar-refractivity contribution in [1.82, 2.24) is 0 Å². The normalized spacial score (nSPS) is 12.9. The van der Waals surface area contributed by atoms with Crippen molar-refractivity contribution in [2.24, 2.45) is 4.99 Å². The third-order valence-corrected chi connectivity index (χ3v) is 5.69. The van der Waals surface area contributed by atoms with E-state index in [0.29, 0.717) is 6.61 Å². The fourth-order valence-electron chi connectivity index (χ4n) is 3.18. The first-order valence-corrected chi connectivity index (χ1v) is 9.51. The number of thiophene rings is 1. The Labute approximate surface area is 157 Å². The molecule has 0 radical (unpaired) electrons. The standard InChI is InChI=1S/C22H18N2OS/c23-13-19-18-10-6-12-21(18)26-22(19)24-14-17-9-4-5-11-20(17)25-15-16-7-2-1-3-8-16/h1-5,7-9,11,14H,6,10,12,15H2. The fourth-order valence-corrected chi connectivity index (χ4v) is 4.36. The molecule has 0 saturated heterocycles. The molecule has 0 unspecified atom stereocenters. The van der Waals surface area contributed by atoms with E-state index >= 15 is 0 Å². The van der Waals surface area contributed by atoms with Crippen molar-refractivity contribution in [2.45, 2.75) is 25.9 Å². The molecule has 0 bridgehead atoms. The number of hydrogen-bond acceptors (Lipinski definition) is 4. The first-order valence-electron chi connectivity index (χ1n) is 8.69. The number of rotatable bonds is 5. The van der Waals surface area contributed by atoms with Crippen molar-refractivity contribution < 1.29 is 4.74 Å². The Kier molecular flexibility index (Phi) is 4.81. The number of nitriles is 1. The van der Waals surface area contributed by atoms with Gasteiger partial charge >= 0.3 is 0 Å². The van der Waals surface area contributed by atoms with E-state index in [-0.39, 0.29) is 0 Å². The van der Waals surface area contributed by atoms with Crippen LogP contribution in [0.3, 0.4) is 0 Å². The number of benzene rings is 2. The van der Waals surface area contributed by atoms with Crippen molar-refractivity contribution >= 4 is 22.6 Å². The van der Waals surface area contributed by atoms with Gasteiger partial charge in [0.05, 0.1) is 5.56 Å². The quantitative estimate of drug-likeness (QED) is 0.570. The third kappa shape index (κ3) is 3.40. The SMILES string of the molecule is N#Cc1c(N=Cc2ccccc2OCc2ccccc2)sc2c1CCC2. The minimum Gasteiger partial charge on any atom is -0.488 e. The molecule has 3 aromatic rings. The molecular weight excluding hydrogens is 340 g/mol. The van der Waals surface area contributed by atoms with E-state index in [4.69, 9.17) is 4.74 Å². The zero-order valence-electron chi connectivity index (χ0n) is 14.3. The summed E-state index contributed by atoms with van der Waals surface area (Å²) in [6.45, 7) is 0.516. The molecule has 4 rings (SSSR count). The molecule has 0 N–H and O–H groups in total. The first-order chi connectivity index (χ1) is 12.8. The molecule has 0 amide bonds. The average Bonchev–Trinajstić information content (AvgIpc) is 3.26. The van der Waals surface area contributed by atoms with Gasteiger partial charge in [-0.2, -0.15) is 5.26 Å². The maximum absolute atomic E-state index is 9.49. The van der Waals surface area contributed by atoms with Gasteiger partial charge in [0, 0.05) is 16.7 Å². The summed E-state index contributed by atoms with van der Waals surface area (Å²) in [5.41, 5.74) is 4.00. The van der Waals surface area contributed by atoms with Crippen molar-refractivity contribution in [2.75, 3.05) is 0 Å². The summed E-state index contributed by atoms with van der Waals surface area (Å²) >= 11 is 1.65. The van der Waals surface area contributed by atoms with E-state index in [9.17, 15) is 5.26 Å². The number of para-hydroxylation sites is 1. The highest BCUT2D eigenvalue weighted by Gasteiger charge is 2.21. The molecule has 4 heteroatoms. The third-order valence-electron chi connectivity index (χ3n) is 4.49. The van der Waals surface area contributed by atoms with Gasteiger partial charge in [-0.05, 0) is 42.5 Å². The highest BCUT2D eigenvalue weighted by molar-refractivity contribution is 7.16. The van der Waals surface area contributed by atoms with Crippen LogP contribution in [-0.4, -0.2) is 6.21 Å². The highest BCUT2D eigenvalue weighted by atomic mass is 32.1. The second-order valence-electron chi connectivity index (χ2n) is 6.22. The largest absolute Gasteiger partial charge is 0.488 e. The van der Waals surface area contributed by atoms with Crippen LogP contribution in [0.15, 0.2) is 59.6 Å². The van der Waals surface area contributed by atoms with Crippen LogP contribution in [0, 0.1) is 11.3 Å². The lowest BCUT2D eigenvalue weighted by molar-refractivity contribution is 0.306. The van der Waals surface area contributed by atoms with Crippen LogP contribution in [0.4, 0.5) is 5.00 Å². The number of fused-ring (bicyclic) bond motifs is 1. The van der Waals surface area contributed by atoms with E-state index in [1.807, 2.05) is 60.8 Å². The molecule has 1 aliphatic carbocycles. The van der Waals surface area contributed by atoms with Gasteiger partial charge in [0.2, 0.25) is 0 Å². The maximum Gasteiger partial charge on any atom is 0.134 e. The van der Waals surface area contributed by atoms with E-state index < -0.39 is 0 Å². The van der Waals surface area contributed by atoms with E-state index in [2.05, 4.69) is 11.1 Å². The van der Waals surface area contributed by atoms with Crippen LogP contribution in [0.1, 0.15) is 33.6 Å². The molecule has 0 saturated carbocycles. The molecule has 2 aromatic carbocycles. The molecule has 0 aliphatic heterocycles. The van der Waals surface area contributed by atoms with Gasteiger partial charge in [0.15, 0.2) is 0 Å². The van der Waals surface area contributed by atoms with Crippen molar-refractivity contribution in [1.29, 1.82) is 5.26 Å². The van der Waals surface area contributed by atoms with Gasteiger partial charge in [-0.1, -0.05) is 42.5 Å².